The van der Waals surface area contributed by atoms with Crippen LogP contribution < -0.4 is 0 Å². The lowest BCUT2D eigenvalue weighted by Gasteiger charge is -2.21. The van der Waals surface area contributed by atoms with Gasteiger partial charge in [0, 0.05) is 12.1 Å². The lowest BCUT2D eigenvalue weighted by Crippen LogP contribution is -2.19. The Kier molecular flexibility index (Phi) is 3.00. The van der Waals surface area contributed by atoms with Crippen molar-refractivity contribution in [2.24, 2.45) is 0 Å². The summed E-state index contributed by atoms with van der Waals surface area (Å²) < 4.78 is 44.4. The van der Waals surface area contributed by atoms with E-state index in [1.165, 1.54) is 17.7 Å². The Bertz CT molecular complexity index is 719. The summed E-state index contributed by atoms with van der Waals surface area (Å²) in [4.78, 5) is 15.4. The van der Waals surface area contributed by atoms with Crippen LogP contribution in [0.4, 0.5) is 13.2 Å². The quantitative estimate of drug-likeness (QED) is 0.760. The third-order valence-corrected chi connectivity index (χ3v) is 3.52. The van der Waals surface area contributed by atoms with E-state index in [1.807, 2.05) is 0 Å². The van der Waals surface area contributed by atoms with Crippen molar-refractivity contribution in [2.75, 3.05) is 7.11 Å². The highest BCUT2D eigenvalue weighted by atomic mass is 19.4. The van der Waals surface area contributed by atoms with E-state index in [9.17, 15) is 18.0 Å². The topological polar surface area (TPSA) is 44.1 Å². The predicted molar refractivity (Wildman–Crippen MR) is 67.7 cm³/mol. The molecule has 0 bridgehead atoms. The van der Waals surface area contributed by atoms with Gasteiger partial charge in [0.15, 0.2) is 0 Å². The number of benzene rings is 1. The molecule has 0 saturated carbocycles. The smallest absolute Gasteiger partial charge is 0.433 e. The van der Waals surface area contributed by atoms with E-state index < -0.39 is 17.8 Å². The number of imidazole rings is 1. The van der Waals surface area contributed by atoms with Gasteiger partial charge in [-0.25, -0.2) is 9.78 Å². The van der Waals surface area contributed by atoms with Crippen LogP contribution in [0, 0.1) is 0 Å². The van der Waals surface area contributed by atoms with Gasteiger partial charge in [-0.1, -0.05) is 6.07 Å². The third kappa shape index (κ3) is 2.18. The Morgan fingerprint density at radius 2 is 2.14 bits per heavy atom. The number of aromatic nitrogens is 2. The number of carbonyl (C=O) groups excluding carboxylic acids is 1. The Hall–Kier alpha value is -2.31. The molecule has 1 aliphatic heterocycles. The Morgan fingerprint density at radius 1 is 1.38 bits per heavy atom. The lowest BCUT2D eigenvalue weighted by molar-refractivity contribution is -0.143. The van der Waals surface area contributed by atoms with Gasteiger partial charge in [0.1, 0.15) is 11.5 Å². The highest BCUT2D eigenvalue weighted by Crippen LogP contribution is 2.36. The fourth-order valence-corrected chi connectivity index (χ4v) is 2.54. The molecule has 2 aromatic rings. The summed E-state index contributed by atoms with van der Waals surface area (Å²) in [5, 5.41) is 0. The van der Waals surface area contributed by atoms with Gasteiger partial charge in [-0.05, 0) is 24.1 Å². The molecule has 4 nitrogen and oxygen atoms in total. The van der Waals surface area contributed by atoms with Gasteiger partial charge >= 0.3 is 12.1 Å². The number of fused-ring (bicyclic) bond motifs is 3. The highest BCUT2D eigenvalue weighted by Gasteiger charge is 2.37. The summed E-state index contributed by atoms with van der Waals surface area (Å²) in [6.45, 7) is 0.182. The first kappa shape index (κ1) is 13.7. The van der Waals surface area contributed by atoms with Crippen LogP contribution in [-0.2, 0) is 23.9 Å². The minimum absolute atomic E-state index is 0.182. The molecule has 3 rings (SSSR count). The second-order valence-electron chi connectivity index (χ2n) is 4.73. The average Bonchev–Trinajstić information content (AvgIpc) is 2.90. The fourth-order valence-electron chi connectivity index (χ4n) is 2.54. The van der Waals surface area contributed by atoms with Crippen LogP contribution in [-0.4, -0.2) is 22.6 Å². The first-order valence-electron chi connectivity index (χ1n) is 6.26. The maximum atomic E-state index is 12.9. The minimum atomic E-state index is -4.42. The van der Waals surface area contributed by atoms with Crippen LogP contribution >= 0.6 is 0 Å². The second kappa shape index (κ2) is 4.61. The van der Waals surface area contributed by atoms with Crippen LogP contribution in [0.25, 0.3) is 11.4 Å². The molecule has 1 aliphatic rings. The summed E-state index contributed by atoms with van der Waals surface area (Å²) in [7, 11) is 1.28. The number of carbonyl (C=O) groups is 1. The standard InChI is InChI=1S/C14H11F3N2O2/c1-21-13(20)9-2-3-10-8(6-9)4-5-19-11(14(15,16)17)7-18-12(10)19/h2-3,6-7H,4-5H2,1H3. The Morgan fingerprint density at radius 3 is 2.81 bits per heavy atom. The van der Waals surface area contributed by atoms with Crippen molar-refractivity contribution in [1.29, 1.82) is 0 Å². The number of ether oxygens (including phenoxy) is 1. The predicted octanol–water partition coefficient (Wildman–Crippen LogP) is 2.91. The summed E-state index contributed by atoms with van der Waals surface area (Å²) in [5.41, 5.74) is 1.04. The van der Waals surface area contributed by atoms with E-state index in [4.69, 9.17) is 0 Å². The number of nitrogens with zero attached hydrogens (tertiary/aromatic N) is 2. The molecule has 0 N–H and O–H groups in total. The van der Waals surface area contributed by atoms with Gasteiger partial charge in [-0.3, -0.25) is 0 Å². The Balaban J connectivity index is 2.09. The molecule has 110 valence electrons. The van der Waals surface area contributed by atoms with Crippen LogP contribution in [0.15, 0.2) is 24.4 Å². The van der Waals surface area contributed by atoms with E-state index in [1.54, 1.807) is 12.1 Å². The van der Waals surface area contributed by atoms with Crippen LogP contribution in [0.2, 0.25) is 0 Å². The summed E-state index contributed by atoms with van der Waals surface area (Å²) in [5.74, 6) is -0.192. The van der Waals surface area contributed by atoms with E-state index in [0.717, 1.165) is 11.8 Å². The number of methoxy groups -OCH3 is 1. The zero-order valence-corrected chi connectivity index (χ0v) is 11.1. The SMILES string of the molecule is COC(=O)c1ccc2c(c1)CCn1c(C(F)(F)F)cnc1-2. The molecular formula is C14H11F3N2O2. The van der Waals surface area contributed by atoms with Crippen LogP contribution in [0.1, 0.15) is 21.6 Å². The molecule has 0 saturated heterocycles. The maximum Gasteiger partial charge on any atom is 0.433 e. The molecule has 0 fully saturated rings. The number of aryl methyl sites for hydroxylation is 1. The van der Waals surface area contributed by atoms with Crippen molar-refractivity contribution in [1.82, 2.24) is 9.55 Å². The molecule has 0 unspecified atom stereocenters. The van der Waals surface area contributed by atoms with Crippen LogP contribution in [0.3, 0.4) is 0 Å². The van der Waals surface area contributed by atoms with Gasteiger partial charge in [0.05, 0.1) is 18.9 Å². The Labute approximate surface area is 118 Å². The number of halogens is 3. The maximum absolute atomic E-state index is 12.9. The fraction of sp³-hybridized carbons (Fsp3) is 0.286. The molecule has 21 heavy (non-hydrogen) atoms. The van der Waals surface area contributed by atoms with Crippen molar-refractivity contribution in [3.63, 3.8) is 0 Å². The largest absolute Gasteiger partial charge is 0.465 e. The van der Waals surface area contributed by atoms with Gasteiger partial charge in [-0.2, -0.15) is 13.2 Å². The van der Waals surface area contributed by atoms with Crippen molar-refractivity contribution >= 4 is 5.97 Å². The van der Waals surface area contributed by atoms with E-state index >= 15 is 0 Å². The zero-order valence-electron chi connectivity index (χ0n) is 11.1. The van der Waals surface area contributed by atoms with E-state index in [2.05, 4.69) is 9.72 Å². The highest BCUT2D eigenvalue weighted by molar-refractivity contribution is 5.90. The minimum Gasteiger partial charge on any atom is -0.465 e. The lowest BCUT2D eigenvalue weighted by atomic mass is 9.98. The monoisotopic (exact) mass is 296 g/mol. The zero-order chi connectivity index (χ0) is 15.2. The normalized spacial score (nSPS) is 13.5. The first-order chi connectivity index (χ1) is 9.91. The second-order valence-corrected chi connectivity index (χ2v) is 4.73. The first-order valence-corrected chi connectivity index (χ1v) is 6.26. The van der Waals surface area contributed by atoms with E-state index in [-0.39, 0.29) is 12.4 Å². The van der Waals surface area contributed by atoms with Gasteiger partial charge in [0.25, 0.3) is 0 Å². The van der Waals surface area contributed by atoms with Gasteiger partial charge in [-0.15, -0.1) is 0 Å². The molecule has 0 spiro atoms. The molecule has 7 heteroatoms. The molecule has 0 amide bonds. The number of hydrogen-bond acceptors (Lipinski definition) is 3. The van der Waals surface area contributed by atoms with Crippen molar-refractivity contribution in [3.05, 3.63) is 41.2 Å². The number of hydrogen-bond donors (Lipinski definition) is 0. The number of alkyl halides is 3. The van der Waals surface area contributed by atoms with Crippen molar-refractivity contribution in [2.45, 2.75) is 19.1 Å². The molecule has 1 aromatic heterocycles. The third-order valence-electron chi connectivity index (χ3n) is 3.52. The van der Waals surface area contributed by atoms with E-state index in [0.29, 0.717) is 17.5 Å². The summed E-state index contributed by atoms with van der Waals surface area (Å²) >= 11 is 0. The molecular weight excluding hydrogens is 285 g/mol. The summed E-state index contributed by atoms with van der Waals surface area (Å²) in [6, 6.07) is 4.79. The number of esters is 1. The molecule has 1 aromatic carbocycles. The molecule has 0 radical (unpaired) electrons. The molecule has 2 heterocycles. The van der Waals surface area contributed by atoms with Gasteiger partial charge < -0.3 is 9.30 Å². The summed E-state index contributed by atoms with van der Waals surface area (Å²) in [6.07, 6.45) is -3.17. The van der Waals surface area contributed by atoms with Crippen LogP contribution in [0.5, 0.6) is 0 Å². The average molecular weight is 296 g/mol. The van der Waals surface area contributed by atoms with Gasteiger partial charge in [0.2, 0.25) is 0 Å². The molecule has 0 aliphatic carbocycles. The number of rotatable bonds is 1. The van der Waals surface area contributed by atoms with Crippen molar-refractivity contribution < 1.29 is 22.7 Å². The van der Waals surface area contributed by atoms with Crippen molar-refractivity contribution in [3.8, 4) is 11.4 Å². The molecule has 0 atom stereocenters.